The van der Waals surface area contributed by atoms with E-state index in [1.807, 2.05) is 25.7 Å². The molecule has 0 aromatic rings. The third kappa shape index (κ3) is 2.99. The number of ether oxygens (including phenoxy) is 1. The van der Waals surface area contributed by atoms with Crippen molar-refractivity contribution in [3.63, 3.8) is 0 Å². The van der Waals surface area contributed by atoms with Crippen LogP contribution in [-0.4, -0.2) is 54.6 Å². The van der Waals surface area contributed by atoms with Gasteiger partial charge in [-0.3, -0.25) is 9.59 Å². The number of piperidine rings is 1. The van der Waals surface area contributed by atoms with Crippen LogP contribution in [0.1, 0.15) is 46.5 Å². The standard InChI is InChI=1S/C16H29N3O3/c1-4-22-12-10-16(17,15(12,2)3)14(21)18-11-13(20)19-8-6-5-7-9-19/h12H,4-11,17H2,1-3H3,(H,18,21). The van der Waals surface area contributed by atoms with Gasteiger partial charge in [0.2, 0.25) is 11.8 Å². The molecule has 2 fully saturated rings. The van der Waals surface area contributed by atoms with E-state index in [4.69, 9.17) is 10.5 Å². The molecule has 6 heteroatoms. The van der Waals surface area contributed by atoms with Crippen LogP contribution in [0.4, 0.5) is 0 Å². The maximum Gasteiger partial charge on any atom is 0.241 e. The summed E-state index contributed by atoms with van der Waals surface area (Å²) in [5.74, 6) is -0.269. The average molecular weight is 311 g/mol. The maximum atomic E-state index is 12.4. The molecule has 0 radical (unpaired) electrons. The van der Waals surface area contributed by atoms with Crippen molar-refractivity contribution in [2.24, 2.45) is 11.1 Å². The second kappa shape index (κ2) is 6.54. The van der Waals surface area contributed by atoms with E-state index in [1.54, 1.807) is 0 Å². The highest BCUT2D eigenvalue weighted by molar-refractivity contribution is 5.92. The Morgan fingerprint density at radius 1 is 1.27 bits per heavy atom. The summed E-state index contributed by atoms with van der Waals surface area (Å²) in [7, 11) is 0. The Morgan fingerprint density at radius 3 is 2.45 bits per heavy atom. The molecule has 22 heavy (non-hydrogen) atoms. The lowest BCUT2D eigenvalue weighted by Gasteiger charge is -2.57. The highest BCUT2D eigenvalue weighted by Gasteiger charge is 2.62. The van der Waals surface area contributed by atoms with Gasteiger partial charge in [-0.05, 0) is 26.2 Å². The number of rotatable bonds is 5. The van der Waals surface area contributed by atoms with Gasteiger partial charge in [0, 0.05) is 31.5 Å². The number of hydrogen-bond acceptors (Lipinski definition) is 4. The Bertz CT molecular complexity index is 432. The highest BCUT2D eigenvalue weighted by Crippen LogP contribution is 2.49. The molecule has 0 aromatic heterocycles. The molecule has 2 aliphatic rings. The van der Waals surface area contributed by atoms with Crippen LogP contribution >= 0.6 is 0 Å². The molecular formula is C16H29N3O3. The number of nitrogens with two attached hydrogens (primary N) is 1. The average Bonchev–Trinajstić information content (AvgIpc) is 2.52. The monoisotopic (exact) mass is 311 g/mol. The summed E-state index contributed by atoms with van der Waals surface area (Å²) in [6.45, 7) is 8.06. The van der Waals surface area contributed by atoms with E-state index in [0.717, 1.165) is 25.9 Å². The minimum absolute atomic E-state index is 0.00829. The fraction of sp³-hybridized carbons (Fsp3) is 0.875. The number of carbonyl (C=O) groups excluding carboxylic acids is 2. The van der Waals surface area contributed by atoms with Crippen LogP contribution in [0.5, 0.6) is 0 Å². The van der Waals surface area contributed by atoms with Gasteiger partial charge in [-0.25, -0.2) is 0 Å². The van der Waals surface area contributed by atoms with Crippen molar-refractivity contribution in [3.05, 3.63) is 0 Å². The third-order valence-corrected chi connectivity index (χ3v) is 5.34. The van der Waals surface area contributed by atoms with Crippen molar-refractivity contribution in [1.29, 1.82) is 0 Å². The van der Waals surface area contributed by atoms with Crippen LogP contribution in [-0.2, 0) is 14.3 Å². The predicted octanol–water partition coefficient (Wildman–Crippen LogP) is 0.648. The van der Waals surface area contributed by atoms with Crippen LogP contribution < -0.4 is 11.1 Å². The molecule has 2 unspecified atom stereocenters. The van der Waals surface area contributed by atoms with Crippen LogP contribution in [0.2, 0.25) is 0 Å². The lowest BCUT2D eigenvalue weighted by atomic mass is 9.54. The van der Waals surface area contributed by atoms with Crippen molar-refractivity contribution in [3.8, 4) is 0 Å². The zero-order valence-corrected chi connectivity index (χ0v) is 14.0. The summed E-state index contributed by atoms with van der Waals surface area (Å²) in [6.07, 6.45) is 3.76. The Kier molecular flexibility index (Phi) is 5.12. The summed E-state index contributed by atoms with van der Waals surface area (Å²) in [5, 5.41) is 2.73. The Morgan fingerprint density at radius 2 is 1.91 bits per heavy atom. The van der Waals surface area contributed by atoms with Gasteiger partial charge in [0.05, 0.1) is 12.6 Å². The fourth-order valence-corrected chi connectivity index (χ4v) is 3.39. The van der Waals surface area contributed by atoms with Gasteiger partial charge in [-0.15, -0.1) is 0 Å². The topological polar surface area (TPSA) is 84.7 Å². The predicted molar refractivity (Wildman–Crippen MR) is 84.2 cm³/mol. The van der Waals surface area contributed by atoms with E-state index < -0.39 is 11.0 Å². The Labute approximate surface area is 132 Å². The van der Waals surface area contributed by atoms with Gasteiger partial charge in [0.15, 0.2) is 0 Å². The molecule has 1 saturated carbocycles. The largest absolute Gasteiger partial charge is 0.378 e. The van der Waals surface area contributed by atoms with Crippen LogP contribution in [0, 0.1) is 5.41 Å². The van der Waals surface area contributed by atoms with Crippen molar-refractivity contribution < 1.29 is 14.3 Å². The van der Waals surface area contributed by atoms with Gasteiger partial charge in [-0.1, -0.05) is 13.8 Å². The number of carbonyl (C=O) groups is 2. The van der Waals surface area contributed by atoms with E-state index >= 15 is 0 Å². The zero-order chi connectivity index (χ0) is 16.4. The fourth-order valence-electron chi connectivity index (χ4n) is 3.39. The number of nitrogens with zero attached hydrogens (tertiary/aromatic N) is 1. The SMILES string of the molecule is CCOC1CC(N)(C(=O)NCC(=O)N2CCCCC2)C1(C)C. The van der Waals surface area contributed by atoms with Crippen molar-refractivity contribution in [1.82, 2.24) is 10.2 Å². The number of hydrogen-bond donors (Lipinski definition) is 2. The molecule has 1 heterocycles. The summed E-state index contributed by atoms with van der Waals surface area (Å²) >= 11 is 0. The van der Waals surface area contributed by atoms with E-state index in [1.165, 1.54) is 6.42 Å². The van der Waals surface area contributed by atoms with E-state index in [0.29, 0.717) is 13.0 Å². The zero-order valence-electron chi connectivity index (χ0n) is 14.0. The van der Waals surface area contributed by atoms with E-state index in [9.17, 15) is 9.59 Å². The maximum absolute atomic E-state index is 12.4. The molecule has 6 nitrogen and oxygen atoms in total. The molecule has 0 spiro atoms. The van der Waals surface area contributed by atoms with E-state index in [2.05, 4.69) is 5.32 Å². The first-order valence-corrected chi connectivity index (χ1v) is 8.29. The van der Waals surface area contributed by atoms with Gasteiger partial charge in [0.25, 0.3) is 0 Å². The number of nitrogens with one attached hydrogen (secondary N) is 1. The second-order valence-electron chi connectivity index (χ2n) is 6.97. The first-order valence-electron chi connectivity index (χ1n) is 8.29. The minimum Gasteiger partial charge on any atom is -0.378 e. The Hall–Kier alpha value is -1.14. The molecule has 1 aliphatic heterocycles. The molecule has 2 atom stereocenters. The molecule has 0 aromatic carbocycles. The van der Waals surface area contributed by atoms with Gasteiger partial charge < -0.3 is 20.7 Å². The number of likely N-dealkylation sites (tertiary alicyclic amines) is 1. The summed E-state index contributed by atoms with van der Waals surface area (Å²) < 4.78 is 5.62. The number of amides is 2. The lowest BCUT2D eigenvalue weighted by Crippen LogP contribution is -2.76. The third-order valence-electron chi connectivity index (χ3n) is 5.34. The first kappa shape index (κ1) is 17.2. The second-order valence-corrected chi connectivity index (χ2v) is 6.97. The molecule has 3 N–H and O–H groups in total. The summed E-state index contributed by atoms with van der Waals surface area (Å²) in [4.78, 5) is 26.4. The van der Waals surface area contributed by atoms with Gasteiger partial charge >= 0.3 is 0 Å². The molecule has 1 aliphatic carbocycles. The normalized spacial score (nSPS) is 30.5. The van der Waals surface area contributed by atoms with Crippen molar-refractivity contribution >= 4 is 11.8 Å². The molecule has 126 valence electrons. The summed E-state index contributed by atoms with van der Waals surface area (Å²) in [6, 6.07) is 0. The highest BCUT2D eigenvalue weighted by atomic mass is 16.5. The van der Waals surface area contributed by atoms with Crippen LogP contribution in [0.15, 0.2) is 0 Å². The summed E-state index contributed by atoms with van der Waals surface area (Å²) in [5.41, 5.74) is 4.90. The van der Waals surface area contributed by atoms with Gasteiger partial charge in [-0.2, -0.15) is 0 Å². The quantitative estimate of drug-likeness (QED) is 0.780. The molecular weight excluding hydrogens is 282 g/mol. The Balaban J connectivity index is 1.85. The lowest BCUT2D eigenvalue weighted by molar-refractivity contribution is -0.171. The molecule has 2 rings (SSSR count). The van der Waals surface area contributed by atoms with Gasteiger partial charge in [0.1, 0.15) is 5.54 Å². The van der Waals surface area contributed by atoms with Crippen LogP contribution in [0.25, 0.3) is 0 Å². The first-order chi connectivity index (χ1) is 10.3. The smallest absolute Gasteiger partial charge is 0.241 e. The van der Waals surface area contributed by atoms with E-state index in [-0.39, 0.29) is 24.5 Å². The minimum atomic E-state index is -0.963. The molecule has 1 saturated heterocycles. The molecule has 0 bridgehead atoms. The van der Waals surface area contributed by atoms with Crippen molar-refractivity contribution in [2.75, 3.05) is 26.2 Å². The van der Waals surface area contributed by atoms with Crippen molar-refractivity contribution in [2.45, 2.75) is 58.1 Å². The molecule has 2 amide bonds. The van der Waals surface area contributed by atoms with Crippen LogP contribution in [0.3, 0.4) is 0 Å².